The number of nitrogens with zero attached hydrogens (tertiary/aromatic N) is 5. The fraction of sp³-hybridized carbons (Fsp3) is 0.409. The van der Waals surface area contributed by atoms with E-state index >= 15 is 0 Å². The zero-order valence-corrected chi connectivity index (χ0v) is 18.6. The van der Waals surface area contributed by atoms with E-state index in [1.54, 1.807) is 31.3 Å². The minimum atomic E-state index is -0.450. The molecule has 4 rings (SSSR count). The van der Waals surface area contributed by atoms with Crippen molar-refractivity contribution in [1.82, 2.24) is 24.0 Å². The zero-order valence-electron chi connectivity index (χ0n) is 18.6. The van der Waals surface area contributed by atoms with E-state index < -0.39 is 11.2 Å². The van der Waals surface area contributed by atoms with Gasteiger partial charge in [0, 0.05) is 39.8 Å². The fourth-order valence-electron chi connectivity index (χ4n) is 3.99. The first kappa shape index (κ1) is 21.8. The largest absolute Gasteiger partial charge is 0.340 e. The summed E-state index contributed by atoms with van der Waals surface area (Å²) in [6.07, 6.45) is 2.05. The molecule has 0 saturated carbocycles. The van der Waals surface area contributed by atoms with Crippen LogP contribution in [0.3, 0.4) is 0 Å². The Morgan fingerprint density at radius 1 is 1.19 bits per heavy atom. The maximum absolute atomic E-state index is 13.6. The molecule has 0 radical (unpaired) electrons. The van der Waals surface area contributed by atoms with Crippen LogP contribution in [0.25, 0.3) is 11.2 Å². The van der Waals surface area contributed by atoms with Crippen LogP contribution in [-0.2, 0) is 20.1 Å². The van der Waals surface area contributed by atoms with E-state index in [0.29, 0.717) is 34.9 Å². The van der Waals surface area contributed by atoms with Crippen molar-refractivity contribution in [2.24, 2.45) is 7.05 Å². The number of hydrogen-bond donors (Lipinski definition) is 3. The minimum Gasteiger partial charge on any atom is -0.340 e. The average Bonchev–Trinajstić information content (AvgIpc) is 3.19. The lowest BCUT2D eigenvalue weighted by molar-refractivity contribution is 0.388. The Kier molecular flexibility index (Phi) is 6.15. The molecule has 3 N–H and O–H groups in total. The zero-order chi connectivity index (χ0) is 22.8. The van der Waals surface area contributed by atoms with Crippen molar-refractivity contribution in [3.8, 4) is 0 Å². The number of aromatic nitrogens is 4. The summed E-state index contributed by atoms with van der Waals surface area (Å²) in [6, 6.07) is 7.01. The van der Waals surface area contributed by atoms with Gasteiger partial charge in [0.15, 0.2) is 11.2 Å². The van der Waals surface area contributed by atoms with Crippen molar-refractivity contribution < 1.29 is 5.21 Å². The van der Waals surface area contributed by atoms with Crippen molar-refractivity contribution in [3.05, 3.63) is 62.3 Å². The van der Waals surface area contributed by atoms with Gasteiger partial charge in [0.25, 0.3) is 5.56 Å². The van der Waals surface area contributed by atoms with Crippen LogP contribution in [0.4, 0.5) is 11.6 Å². The summed E-state index contributed by atoms with van der Waals surface area (Å²) in [5.74, 6) is 0.696. The number of anilines is 2. The van der Waals surface area contributed by atoms with E-state index in [-0.39, 0.29) is 6.54 Å². The quantitative estimate of drug-likeness (QED) is 0.390. The number of aryl methyl sites for hydroxylation is 1. The molecule has 1 aromatic carbocycles. The smallest absolute Gasteiger partial charge is 0.332 e. The van der Waals surface area contributed by atoms with Gasteiger partial charge in [-0.25, -0.2) is 4.79 Å². The van der Waals surface area contributed by atoms with E-state index in [1.807, 2.05) is 24.5 Å². The maximum Gasteiger partial charge on any atom is 0.332 e. The van der Waals surface area contributed by atoms with Gasteiger partial charge in [-0.1, -0.05) is 29.8 Å². The molecule has 10 nitrogen and oxygen atoms in total. The highest BCUT2D eigenvalue weighted by atomic mass is 16.5. The third-order valence-corrected chi connectivity index (χ3v) is 5.76. The first-order chi connectivity index (χ1) is 15.4. The molecule has 32 heavy (non-hydrogen) atoms. The van der Waals surface area contributed by atoms with Gasteiger partial charge in [-0.05, 0) is 25.5 Å². The van der Waals surface area contributed by atoms with E-state index in [4.69, 9.17) is 4.98 Å². The number of fused-ring (bicyclic) bond motifs is 1. The standard InChI is InChI=1S/C22H29N7O3/c1-15(2)8-11-28-18-19(24-21(28)27-12-9-23-10-13-27)26(3)22(31)29(20(18)30)14-16-6-4-5-7-17(16)25-32/h4-8,23,25,32H,9-14H2,1-3H3. The molecular formula is C22H29N7O3. The number of benzene rings is 1. The highest BCUT2D eigenvalue weighted by Crippen LogP contribution is 2.21. The number of piperazine rings is 1. The predicted octanol–water partition coefficient (Wildman–Crippen LogP) is 1.12. The SMILES string of the molecule is CC(C)=CCn1c(N2CCNCC2)nc2c1c(=O)n(Cc1ccccc1NO)c(=O)n2C. The Hall–Kier alpha value is -3.37. The summed E-state index contributed by atoms with van der Waals surface area (Å²) >= 11 is 0. The van der Waals surface area contributed by atoms with E-state index in [9.17, 15) is 14.8 Å². The lowest BCUT2D eigenvalue weighted by Gasteiger charge is -2.28. The van der Waals surface area contributed by atoms with Crippen LogP contribution in [-0.4, -0.2) is 50.1 Å². The molecule has 2 aromatic heterocycles. The van der Waals surface area contributed by atoms with Gasteiger partial charge in [-0.2, -0.15) is 4.98 Å². The van der Waals surface area contributed by atoms with Gasteiger partial charge in [0.2, 0.25) is 5.95 Å². The van der Waals surface area contributed by atoms with Crippen LogP contribution in [0.15, 0.2) is 45.5 Å². The van der Waals surface area contributed by atoms with Crippen LogP contribution in [0.5, 0.6) is 0 Å². The van der Waals surface area contributed by atoms with Crippen molar-refractivity contribution in [2.75, 3.05) is 36.6 Å². The summed E-state index contributed by atoms with van der Waals surface area (Å²) in [6.45, 7) is 7.75. The average molecular weight is 440 g/mol. The third kappa shape index (κ3) is 3.94. The van der Waals surface area contributed by atoms with Crippen molar-refractivity contribution in [2.45, 2.75) is 26.9 Å². The Morgan fingerprint density at radius 3 is 2.59 bits per heavy atom. The van der Waals surface area contributed by atoms with Gasteiger partial charge in [-0.3, -0.25) is 24.6 Å². The molecule has 0 atom stereocenters. The molecule has 10 heteroatoms. The van der Waals surface area contributed by atoms with Gasteiger partial charge >= 0.3 is 5.69 Å². The van der Waals surface area contributed by atoms with Crippen molar-refractivity contribution in [3.63, 3.8) is 0 Å². The summed E-state index contributed by atoms with van der Waals surface area (Å²) in [4.78, 5) is 33.6. The second kappa shape index (κ2) is 9.01. The van der Waals surface area contributed by atoms with Gasteiger partial charge in [0.1, 0.15) is 0 Å². The minimum absolute atomic E-state index is 0.0297. The normalized spacial score (nSPS) is 14.1. The number of hydrogen-bond acceptors (Lipinski definition) is 7. The molecule has 1 fully saturated rings. The Morgan fingerprint density at radius 2 is 1.91 bits per heavy atom. The molecule has 1 aliphatic rings. The summed E-state index contributed by atoms with van der Waals surface area (Å²) < 4.78 is 4.53. The molecule has 0 unspecified atom stereocenters. The summed E-state index contributed by atoms with van der Waals surface area (Å²) in [5.41, 5.74) is 4.27. The lowest BCUT2D eigenvalue weighted by Crippen LogP contribution is -2.44. The first-order valence-electron chi connectivity index (χ1n) is 10.7. The Labute approximate surface area is 185 Å². The second-order valence-corrected chi connectivity index (χ2v) is 8.21. The molecule has 0 spiro atoms. The topological polar surface area (TPSA) is 109 Å². The monoisotopic (exact) mass is 439 g/mol. The van der Waals surface area contributed by atoms with Gasteiger partial charge in [-0.15, -0.1) is 0 Å². The van der Waals surface area contributed by atoms with Crippen LogP contribution in [0, 0.1) is 0 Å². The van der Waals surface area contributed by atoms with Crippen molar-refractivity contribution in [1.29, 1.82) is 0 Å². The number of para-hydroxylation sites is 1. The number of rotatable bonds is 6. The molecule has 0 aliphatic carbocycles. The molecule has 1 aliphatic heterocycles. The summed E-state index contributed by atoms with van der Waals surface area (Å²) in [7, 11) is 1.64. The van der Waals surface area contributed by atoms with Gasteiger partial charge < -0.3 is 14.8 Å². The molecule has 0 bridgehead atoms. The highest BCUT2D eigenvalue weighted by Gasteiger charge is 2.24. The molecule has 1 saturated heterocycles. The van der Waals surface area contributed by atoms with E-state index in [1.165, 1.54) is 9.13 Å². The van der Waals surface area contributed by atoms with E-state index in [0.717, 1.165) is 31.8 Å². The molecule has 3 heterocycles. The first-order valence-corrected chi connectivity index (χ1v) is 10.7. The Balaban J connectivity index is 1.94. The third-order valence-electron chi connectivity index (χ3n) is 5.76. The number of nitrogens with one attached hydrogen (secondary N) is 2. The summed E-state index contributed by atoms with van der Waals surface area (Å²) in [5, 5.41) is 12.8. The van der Waals surface area contributed by atoms with Crippen LogP contribution in [0.1, 0.15) is 19.4 Å². The number of allylic oxidation sites excluding steroid dienone is 2. The van der Waals surface area contributed by atoms with Crippen LogP contribution < -0.4 is 26.9 Å². The van der Waals surface area contributed by atoms with Crippen LogP contribution >= 0.6 is 0 Å². The lowest BCUT2D eigenvalue weighted by atomic mass is 10.2. The van der Waals surface area contributed by atoms with Gasteiger partial charge in [0.05, 0.1) is 12.2 Å². The predicted molar refractivity (Wildman–Crippen MR) is 125 cm³/mol. The van der Waals surface area contributed by atoms with Crippen molar-refractivity contribution >= 4 is 22.8 Å². The maximum atomic E-state index is 13.6. The highest BCUT2D eigenvalue weighted by molar-refractivity contribution is 5.75. The molecular weight excluding hydrogens is 410 g/mol. The molecule has 170 valence electrons. The molecule has 0 amide bonds. The number of imidazole rings is 1. The van der Waals surface area contributed by atoms with E-state index in [2.05, 4.69) is 15.7 Å². The molecule has 3 aromatic rings. The Bertz CT molecular complexity index is 1280. The van der Waals surface area contributed by atoms with Crippen LogP contribution in [0.2, 0.25) is 0 Å². The second-order valence-electron chi connectivity index (χ2n) is 8.21. The fourth-order valence-corrected chi connectivity index (χ4v) is 3.99.